The van der Waals surface area contributed by atoms with Crippen molar-refractivity contribution in [3.63, 3.8) is 0 Å². The molecule has 10 heteroatoms. The Morgan fingerprint density at radius 3 is 2.70 bits per heavy atom. The first kappa shape index (κ1) is 16.9. The normalized spacial score (nSPS) is 12.2. The fraction of sp³-hybridized carbons (Fsp3) is 0.500. The second-order valence-corrected chi connectivity index (χ2v) is 5.38. The van der Waals surface area contributed by atoms with Gasteiger partial charge in [0.15, 0.2) is 5.70 Å². The van der Waals surface area contributed by atoms with E-state index in [0.717, 1.165) is 11.5 Å². The van der Waals surface area contributed by atoms with Gasteiger partial charge in [-0.3, -0.25) is 0 Å². The minimum Gasteiger partial charge on any atom is -0.502 e. The van der Waals surface area contributed by atoms with Crippen molar-refractivity contribution in [3.05, 3.63) is 17.8 Å². The number of rotatable bonds is 6. The minimum atomic E-state index is -2.69. The van der Waals surface area contributed by atoms with Crippen molar-refractivity contribution >= 4 is 45.8 Å². The molecule has 0 amide bonds. The number of methoxy groups -OCH3 is 1. The van der Waals surface area contributed by atoms with Gasteiger partial charge in [-0.15, -0.1) is 0 Å². The summed E-state index contributed by atoms with van der Waals surface area (Å²) < 4.78 is 24.0. The first-order chi connectivity index (χ1) is 9.31. The van der Waals surface area contributed by atoms with Gasteiger partial charge in [-0.05, 0) is 6.92 Å². The number of aromatic nitrogens is 2. The average molecular weight is 344 g/mol. The molecule has 0 radical (unpaired) electrons. The Balaban J connectivity index is 3.01. The number of halogens is 3. The summed E-state index contributed by atoms with van der Waals surface area (Å²) >= 11 is 11.3. The number of anilines is 1. The van der Waals surface area contributed by atoms with Crippen LogP contribution >= 0.6 is 34.7 Å². The Morgan fingerprint density at radius 1 is 1.60 bits per heavy atom. The molecule has 6 nitrogen and oxygen atoms in total. The molecule has 0 unspecified atom stereocenters. The summed E-state index contributed by atoms with van der Waals surface area (Å²) in [6.07, 6.45) is 1.18. The highest BCUT2D eigenvalue weighted by Gasteiger charge is 2.32. The third kappa shape index (κ3) is 4.19. The Hall–Kier alpha value is -1.12. The third-order valence-corrected chi connectivity index (χ3v) is 3.16. The zero-order valence-corrected chi connectivity index (χ0v) is 13.2. The van der Waals surface area contributed by atoms with Gasteiger partial charge in [-0.1, -0.05) is 23.2 Å². The van der Waals surface area contributed by atoms with Gasteiger partial charge >= 0.3 is 10.6 Å². The van der Waals surface area contributed by atoms with Gasteiger partial charge in [0.05, 0.1) is 13.7 Å². The smallest absolute Gasteiger partial charge is 0.358 e. The van der Waals surface area contributed by atoms with E-state index in [4.69, 9.17) is 32.7 Å². The second kappa shape index (κ2) is 7.05. The van der Waals surface area contributed by atoms with Gasteiger partial charge in [0, 0.05) is 18.6 Å². The van der Waals surface area contributed by atoms with E-state index in [1.807, 2.05) is 0 Å². The number of carbonyl (C=O) groups excluding carboxylic acids is 1. The van der Waals surface area contributed by atoms with Crippen LogP contribution in [0, 0.1) is 0 Å². The number of alkyl halides is 3. The van der Waals surface area contributed by atoms with Gasteiger partial charge in [0.25, 0.3) is 0 Å². The van der Waals surface area contributed by atoms with Crippen LogP contribution in [0.2, 0.25) is 0 Å². The molecule has 1 aromatic heterocycles. The molecule has 0 spiro atoms. The topological polar surface area (TPSA) is 64.6 Å². The quantitative estimate of drug-likeness (QED) is 0.342. The predicted octanol–water partition coefficient (Wildman–Crippen LogP) is 2.58. The van der Waals surface area contributed by atoms with Gasteiger partial charge in [-0.25, -0.2) is 4.79 Å². The lowest BCUT2D eigenvalue weighted by molar-refractivity contribution is -0.138. The van der Waals surface area contributed by atoms with Crippen molar-refractivity contribution in [1.29, 1.82) is 0 Å². The summed E-state index contributed by atoms with van der Waals surface area (Å²) in [6.45, 7) is 1.87. The van der Waals surface area contributed by atoms with Crippen LogP contribution in [0.3, 0.4) is 0 Å². The number of esters is 1. The lowest BCUT2D eigenvalue weighted by Gasteiger charge is -2.17. The van der Waals surface area contributed by atoms with E-state index in [9.17, 15) is 9.18 Å². The fourth-order valence-corrected chi connectivity index (χ4v) is 2.10. The molecule has 0 aliphatic rings. The zero-order valence-electron chi connectivity index (χ0n) is 10.9. The molecular weight excluding hydrogens is 332 g/mol. The van der Waals surface area contributed by atoms with E-state index in [2.05, 4.69) is 9.36 Å². The van der Waals surface area contributed by atoms with Gasteiger partial charge in [-0.2, -0.15) is 13.7 Å². The maximum absolute atomic E-state index is 13.3. The number of likely N-dealkylation sites (N-methyl/N-ethyl adjacent to an activating group) is 1. The van der Waals surface area contributed by atoms with Crippen LogP contribution in [0.25, 0.3) is 0 Å². The standard InChI is InChI=1S/C10H12Cl2FN3O3S/c1-4-19-7(17)6(5-18-3)16(2)9-14-8(15-20-9)10(11,12)13/h5H,4H2,1-3H3/b6-5+. The van der Waals surface area contributed by atoms with Crippen LogP contribution in [-0.2, 0) is 18.9 Å². The van der Waals surface area contributed by atoms with E-state index in [0.29, 0.717) is 0 Å². The molecule has 20 heavy (non-hydrogen) atoms. The lowest BCUT2D eigenvalue weighted by atomic mass is 10.4. The highest BCUT2D eigenvalue weighted by molar-refractivity contribution is 7.09. The first-order valence-electron chi connectivity index (χ1n) is 5.36. The van der Waals surface area contributed by atoms with Crippen LogP contribution in [0.5, 0.6) is 0 Å². The van der Waals surface area contributed by atoms with Crippen LogP contribution in [-0.4, -0.2) is 36.1 Å². The fourth-order valence-electron chi connectivity index (χ4n) is 1.15. The Bertz CT molecular complexity index is 504. The summed E-state index contributed by atoms with van der Waals surface area (Å²) in [6, 6.07) is 0. The number of hydrogen-bond donors (Lipinski definition) is 0. The van der Waals surface area contributed by atoms with Crippen molar-refractivity contribution in [3.8, 4) is 0 Å². The number of hydrogen-bond acceptors (Lipinski definition) is 7. The van der Waals surface area contributed by atoms with Crippen molar-refractivity contribution in [1.82, 2.24) is 9.36 Å². The van der Waals surface area contributed by atoms with Crippen molar-refractivity contribution in [2.45, 2.75) is 11.5 Å². The molecule has 1 rings (SSSR count). The zero-order chi connectivity index (χ0) is 15.3. The molecular formula is C10H12Cl2FN3O3S. The lowest BCUT2D eigenvalue weighted by Crippen LogP contribution is -2.25. The Labute approximate surface area is 129 Å². The average Bonchev–Trinajstić information content (AvgIpc) is 2.84. The van der Waals surface area contributed by atoms with Crippen LogP contribution in [0.15, 0.2) is 12.0 Å². The molecule has 0 aliphatic carbocycles. The molecule has 1 aromatic rings. The van der Waals surface area contributed by atoms with Crippen LogP contribution < -0.4 is 4.90 Å². The number of nitrogens with zero attached hydrogens (tertiary/aromatic N) is 3. The molecule has 0 bridgehead atoms. The van der Waals surface area contributed by atoms with E-state index in [1.165, 1.54) is 25.3 Å². The summed E-state index contributed by atoms with van der Waals surface area (Å²) in [4.78, 5) is 16.9. The third-order valence-electron chi connectivity index (χ3n) is 2.03. The van der Waals surface area contributed by atoms with E-state index < -0.39 is 16.4 Å². The van der Waals surface area contributed by atoms with Crippen molar-refractivity contribution < 1.29 is 18.7 Å². The van der Waals surface area contributed by atoms with Gasteiger partial charge < -0.3 is 14.4 Å². The molecule has 0 aromatic carbocycles. The Morgan fingerprint density at radius 2 is 2.25 bits per heavy atom. The molecule has 0 fully saturated rings. The van der Waals surface area contributed by atoms with Crippen LogP contribution in [0.1, 0.15) is 12.7 Å². The highest BCUT2D eigenvalue weighted by atomic mass is 35.5. The largest absolute Gasteiger partial charge is 0.502 e. The van der Waals surface area contributed by atoms with Crippen molar-refractivity contribution in [2.75, 3.05) is 25.7 Å². The van der Waals surface area contributed by atoms with Gasteiger partial charge in [0.2, 0.25) is 11.0 Å². The molecule has 112 valence electrons. The van der Waals surface area contributed by atoms with Crippen molar-refractivity contribution in [2.24, 2.45) is 0 Å². The maximum atomic E-state index is 13.3. The monoisotopic (exact) mass is 343 g/mol. The number of carbonyl (C=O) groups is 1. The second-order valence-electron chi connectivity index (χ2n) is 3.42. The molecule has 1 heterocycles. The SMILES string of the molecule is CCOC(=O)/C(=C\OC)N(C)c1nc(C(F)(Cl)Cl)ns1. The molecule has 0 aliphatic heterocycles. The van der Waals surface area contributed by atoms with E-state index in [-0.39, 0.29) is 17.4 Å². The summed E-state index contributed by atoms with van der Waals surface area (Å²) in [5.74, 6) is -1.01. The maximum Gasteiger partial charge on any atom is 0.358 e. The predicted molar refractivity (Wildman–Crippen MR) is 74.5 cm³/mol. The van der Waals surface area contributed by atoms with E-state index in [1.54, 1.807) is 6.92 Å². The summed E-state index contributed by atoms with van der Waals surface area (Å²) in [7, 11) is 2.90. The molecule has 0 N–H and O–H groups in total. The molecule has 0 saturated heterocycles. The summed E-state index contributed by atoms with van der Waals surface area (Å²) in [5, 5.41) is 0.208. The van der Waals surface area contributed by atoms with E-state index >= 15 is 0 Å². The number of ether oxygens (including phenoxy) is 2. The summed E-state index contributed by atoms with van der Waals surface area (Å²) in [5.41, 5.74) is 0.0747. The molecule has 0 atom stereocenters. The Kier molecular flexibility index (Phi) is 5.97. The van der Waals surface area contributed by atoms with Crippen LogP contribution in [0.4, 0.5) is 9.52 Å². The van der Waals surface area contributed by atoms with Gasteiger partial charge in [0.1, 0.15) is 6.26 Å². The minimum absolute atomic E-state index is 0.0747. The highest BCUT2D eigenvalue weighted by Crippen LogP contribution is 2.35. The molecule has 0 saturated carbocycles. The first-order valence-corrected chi connectivity index (χ1v) is 6.88.